The molecule has 0 saturated carbocycles. The topological polar surface area (TPSA) is 56.3 Å². The van der Waals surface area contributed by atoms with Gasteiger partial charge in [-0.15, -0.1) is 0 Å². The first-order valence-corrected chi connectivity index (χ1v) is 3.01. The Labute approximate surface area is 61.8 Å². The number of fused-ring (bicyclic) bond motifs is 2. The molecule has 0 spiro atoms. The summed E-state index contributed by atoms with van der Waals surface area (Å²) >= 11 is 0. The van der Waals surface area contributed by atoms with E-state index in [1.54, 1.807) is 6.07 Å². The number of nitrogens with zero attached hydrogens (tertiary/aromatic N) is 1. The summed E-state index contributed by atoms with van der Waals surface area (Å²) in [7, 11) is 0. The molecule has 2 heterocycles. The van der Waals surface area contributed by atoms with E-state index in [1.165, 1.54) is 12.1 Å². The molecule has 0 fully saturated rings. The van der Waals surface area contributed by atoms with Crippen LogP contribution in [0, 0.1) is 0 Å². The minimum Gasteiger partial charge on any atom is -0.383 e. The lowest BCUT2D eigenvalue weighted by molar-refractivity contribution is 0.0368. The Balaban J connectivity index is 2.67. The summed E-state index contributed by atoms with van der Waals surface area (Å²) in [4.78, 5) is 25.2. The molecule has 0 aromatic carbocycles. The average Bonchev–Trinajstić information content (AvgIpc) is 2.02. The van der Waals surface area contributed by atoms with Gasteiger partial charge >= 0.3 is 11.9 Å². The summed E-state index contributed by atoms with van der Waals surface area (Å²) in [5.41, 5.74) is 0.365. The second-order valence-electron chi connectivity index (χ2n) is 2.09. The molecule has 1 aromatic rings. The van der Waals surface area contributed by atoms with Crippen molar-refractivity contribution < 1.29 is 14.3 Å². The second kappa shape index (κ2) is 1.88. The summed E-state index contributed by atoms with van der Waals surface area (Å²) in [5.74, 6) is -1.36. The van der Waals surface area contributed by atoms with Crippen LogP contribution in [-0.4, -0.2) is 16.9 Å². The summed E-state index contributed by atoms with van der Waals surface area (Å²) in [6.45, 7) is 0. The van der Waals surface area contributed by atoms with Gasteiger partial charge in [-0.05, 0) is 12.1 Å². The molecule has 2 rings (SSSR count). The molecule has 1 aliphatic heterocycles. The van der Waals surface area contributed by atoms with Crippen molar-refractivity contribution in [3.8, 4) is 0 Å². The number of ether oxygens (including phenoxy) is 1. The van der Waals surface area contributed by atoms with Crippen LogP contribution in [0.3, 0.4) is 0 Å². The van der Waals surface area contributed by atoms with Crippen LogP contribution in [0.5, 0.6) is 0 Å². The van der Waals surface area contributed by atoms with Gasteiger partial charge in [-0.25, -0.2) is 14.6 Å². The number of hydrogen-bond acceptors (Lipinski definition) is 4. The van der Waals surface area contributed by atoms with Gasteiger partial charge in [-0.3, -0.25) is 0 Å². The standard InChI is InChI=1S/C7H3NO3/c9-6-4-2-1-3-5(8-4)7(10)11-6/h1-3H. The molecule has 2 bridgehead atoms. The molecule has 1 aromatic heterocycles. The Morgan fingerprint density at radius 3 is 2.18 bits per heavy atom. The fraction of sp³-hybridized carbons (Fsp3) is 0. The van der Waals surface area contributed by atoms with Gasteiger partial charge in [0, 0.05) is 0 Å². The van der Waals surface area contributed by atoms with Crippen LogP contribution in [0.2, 0.25) is 0 Å². The monoisotopic (exact) mass is 149 g/mol. The zero-order valence-electron chi connectivity index (χ0n) is 5.40. The number of cyclic esters (lactones) is 2. The lowest BCUT2D eigenvalue weighted by Crippen LogP contribution is -2.21. The number of carbonyl (C=O) groups is 2. The third-order valence-electron chi connectivity index (χ3n) is 1.35. The van der Waals surface area contributed by atoms with E-state index in [-0.39, 0.29) is 11.4 Å². The highest BCUT2D eigenvalue weighted by Crippen LogP contribution is 2.09. The summed E-state index contributed by atoms with van der Waals surface area (Å²) in [5, 5.41) is 0. The van der Waals surface area contributed by atoms with Crippen molar-refractivity contribution in [2.45, 2.75) is 0 Å². The first-order valence-electron chi connectivity index (χ1n) is 3.01. The number of carbonyl (C=O) groups excluding carboxylic acids is 2. The highest BCUT2D eigenvalue weighted by molar-refractivity contribution is 6.04. The van der Waals surface area contributed by atoms with Gasteiger partial charge in [0.1, 0.15) is 11.4 Å². The molecule has 0 radical (unpaired) electrons. The first kappa shape index (κ1) is 6.03. The molecule has 0 amide bonds. The Morgan fingerprint density at radius 2 is 1.64 bits per heavy atom. The van der Waals surface area contributed by atoms with Crippen molar-refractivity contribution in [2.75, 3.05) is 0 Å². The Bertz CT molecular complexity index is 316. The van der Waals surface area contributed by atoms with Crippen molar-refractivity contribution in [3.63, 3.8) is 0 Å². The van der Waals surface area contributed by atoms with Gasteiger partial charge in [0.2, 0.25) is 0 Å². The third kappa shape index (κ3) is 0.797. The Morgan fingerprint density at radius 1 is 1.09 bits per heavy atom. The molecule has 0 saturated heterocycles. The van der Waals surface area contributed by atoms with Crippen LogP contribution in [-0.2, 0) is 4.74 Å². The fourth-order valence-electron chi connectivity index (χ4n) is 0.851. The van der Waals surface area contributed by atoms with Crippen molar-refractivity contribution in [3.05, 3.63) is 29.6 Å². The number of pyridine rings is 1. The summed E-state index contributed by atoms with van der Waals surface area (Å²) in [6.07, 6.45) is 0. The van der Waals surface area contributed by atoms with Gasteiger partial charge in [-0.1, -0.05) is 6.07 Å². The number of esters is 2. The van der Waals surface area contributed by atoms with Crippen LogP contribution in [0.1, 0.15) is 21.0 Å². The summed E-state index contributed by atoms with van der Waals surface area (Å²) in [6, 6.07) is 4.59. The largest absolute Gasteiger partial charge is 0.383 e. The zero-order chi connectivity index (χ0) is 7.84. The van der Waals surface area contributed by atoms with Crippen molar-refractivity contribution >= 4 is 11.9 Å². The van der Waals surface area contributed by atoms with Crippen LogP contribution >= 0.6 is 0 Å². The maximum absolute atomic E-state index is 10.8. The van der Waals surface area contributed by atoms with E-state index >= 15 is 0 Å². The van der Waals surface area contributed by atoms with E-state index < -0.39 is 11.9 Å². The molecule has 0 unspecified atom stereocenters. The molecule has 54 valence electrons. The van der Waals surface area contributed by atoms with Gasteiger partial charge in [0.15, 0.2) is 0 Å². The van der Waals surface area contributed by atoms with Gasteiger partial charge < -0.3 is 4.74 Å². The predicted octanol–water partition coefficient (Wildman–Crippen LogP) is 0.392. The van der Waals surface area contributed by atoms with Crippen LogP contribution in [0.15, 0.2) is 18.2 Å². The molecule has 11 heavy (non-hydrogen) atoms. The highest BCUT2D eigenvalue weighted by atomic mass is 16.6. The maximum Gasteiger partial charge on any atom is 0.364 e. The van der Waals surface area contributed by atoms with Crippen LogP contribution in [0.4, 0.5) is 0 Å². The van der Waals surface area contributed by atoms with Crippen molar-refractivity contribution in [2.24, 2.45) is 0 Å². The normalized spacial score (nSPS) is 14.5. The van der Waals surface area contributed by atoms with E-state index in [0.717, 1.165) is 0 Å². The van der Waals surface area contributed by atoms with E-state index in [2.05, 4.69) is 9.72 Å². The molecule has 0 atom stereocenters. The number of rotatable bonds is 0. The zero-order valence-corrected chi connectivity index (χ0v) is 5.40. The fourth-order valence-corrected chi connectivity index (χ4v) is 0.851. The molecule has 1 aliphatic rings. The Kier molecular flexibility index (Phi) is 1.03. The molecule has 0 aliphatic carbocycles. The van der Waals surface area contributed by atoms with Gasteiger partial charge in [-0.2, -0.15) is 0 Å². The van der Waals surface area contributed by atoms with E-state index in [1.807, 2.05) is 0 Å². The van der Waals surface area contributed by atoms with Crippen molar-refractivity contribution in [1.82, 2.24) is 4.98 Å². The smallest absolute Gasteiger partial charge is 0.364 e. The maximum atomic E-state index is 10.8. The molecule has 4 nitrogen and oxygen atoms in total. The average molecular weight is 149 g/mol. The van der Waals surface area contributed by atoms with E-state index in [9.17, 15) is 9.59 Å². The molecular weight excluding hydrogens is 146 g/mol. The first-order chi connectivity index (χ1) is 5.27. The molecule has 4 heteroatoms. The second-order valence-corrected chi connectivity index (χ2v) is 2.09. The quantitative estimate of drug-likeness (QED) is 0.395. The van der Waals surface area contributed by atoms with Gasteiger partial charge in [0.05, 0.1) is 0 Å². The minimum atomic E-state index is -0.678. The number of hydrogen-bond donors (Lipinski definition) is 0. The lowest BCUT2D eigenvalue weighted by Gasteiger charge is -2.07. The van der Waals surface area contributed by atoms with E-state index in [4.69, 9.17) is 0 Å². The SMILES string of the molecule is O=C1OC(=O)c2cccc1n2. The predicted molar refractivity (Wildman–Crippen MR) is 34.0 cm³/mol. The molecule has 0 N–H and O–H groups in total. The van der Waals surface area contributed by atoms with E-state index in [0.29, 0.717) is 0 Å². The molecular formula is C7H3NO3. The van der Waals surface area contributed by atoms with Crippen LogP contribution in [0.25, 0.3) is 0 Å². The third-order valence-corrected chi connectivity index (χ3v) is 1.35. The Hall–Kier alpha value is -1.71. The minimum absolute atomic E-state index is 0.183. The highest BCUT2D eigenvalue weighted by Gasteiger charge is 2.23. The summed E-state index contributed by atoms with van der Waals surface area (Å²) < 4.78 is 4.33. The lowest BCUT2D eigenvalue weighted by atomic mass is 10.2. The van der Waals surface area contributed by atoms with Crippen molar-refractivity contribution in [1.29, 1.82) is 0 Å². The van der Waals surface area contributed by atoms with Crippen LogP contribution < -0.4 is 0 Å². The van der Waals surface area contributed by atoms with Gasteiger partial charge in [0.25, 0.3) is 0 Å². The number of aromatic nitrogens is 1.